The van der Waals surface area contributed by atoms with Crippen LogP contribution in [0.1, 0.15) is 17.6 Å². The van der Waals surface area contributed by atoms with E-state index in [0.717, 1.165) is 10.7 Å². The SMILES string of the molecule is Cc1nc(/C=C/C(=O)N(C)C[C@@H](C)C#N)cs1. The van der Waals surface area contributed by atoms with Gasteiger partial charge in [0.15, 0.2) is 0 Å². The average molecular weight is 249 g/mol. The summed E-state index contributed by atoms with van der Waals surface area (Å²) >= 11 is 1.55. The lowest BCUT2D eigenvalue weighted by atomic mass is 10.2. The van der Waals surface area contributed by atoms with Gasteiger partial charge in [0.25, 0.3) is 0 Å². The summed E-state index contributed by atoms with van der Waals surface area (Å²) in [5.74, 6) is -0.267. The lowest BCUT2D eigenvalue weighted by Crippen LogP contribution is -2.29. The normalized spacial score (nSPS) is 12.4. The van der Waals surface area contributed by atoms with E-state index in [0.29, 0.717) is 6.54 Å². The van der Waals surface area contributed by atoms with Crippen LogP contribution in [-0.4, -0.2) is 29.4 Å². The van der Waals surface area contributed by atoms with Crippen molar-refractivity contribution in [2.75, 3.05) is 13.6 Å². The Labute approximate surface area is 105 Å². The first-order valence-corrected chi connectivity index (χ1v) is 6.16. The molecule has 0 N–H and O–H groups in total. The second kappa shape index (κ2) is 6.16. The van der Waals surface area contributed by atoms with Gasteiger partial charge >= 0.3 is 0 Å². The molecule has 0 aliphatic carbocycles. The van der Waals surface area contributed by atoms with Crippen molar-refractivity contribution in [1.29, 1.82) is 5.26 Å². The number of carbonyl (C=O) groups excluding carboxylic acids is 1. The molecule has 0 aromatic carbocycles. The first-order chi connectivity index (χ1) is 8.02. The molecule has 0 aliphatic rings. The summed E-state index contributed by atoms with van der Waals surface area (Å²) in [4.78, 5) is 17.4. The summed E-state index contributed by atoms with van der Waals surface area (Å²) in [7, 11) is 1.69. The highest BCUT2D eigenvalue weighted by Gasteiger charge is 2.09. The van der Waals surface area contributed by atoms with Crippen LogP contribution in [0.3, 0.4) is 0 Å². The third-order valence-electron chi connectivity index (χ3n) is 2.18. The number of nitriles is 1. The van der Waals surface area contributed by atoms with Crippen molar-refractivity contribution in [1.82, 2.24) is 9.88 Å². The second-order valence-corrected chi connectivity index (χ2v) is 4.94. The molecule has 90 valence electrons. The smallest absolute Gasteiger partial charge is 0.246 e. The molecule has 0 saturated carbocycles. The number of hydrogen-bond donors (Lipinski definition) is 0. The van der Waals surface area contributed by atoms with E-state index in [4.69, 9.17) is 5.26 Å². The third kappa shape index (κ3) is 4.37. The summed E-state index contributed by atoms with van der Waals surface area (Å²) < 4.78 is 0. The number of aromatic nitrogens is 1. The molecule has 17 heavy (non-hydrogen) atoms. The molecule has 0 spiro atoms. The molecule has 0 radical (unpaired) electrons. The van der Waals surface area contributed by atoms with E-state index in [-0.39, 0.29) is 11.8 Å². The number of hydrogen-bond acceptors (Lipinski definition) is 4. The van der Waals surface area contributed by atoms with Crippen LogP contribution in [0, 0.1) is 24.2 Å². The zero-order valence-corrected chi connectivity index (χ0v) is 11.0. The number of rotatable bonds is 4. The molecular formula is C12H15N3OS. The topological polar surface area (TPSA) is 57.0 Å². The Kier molecular flexibility index (Phi) is 4.85. The van der Waals surface area contributed by atoms with Crippen molar-refractivity contribution in [2.24, 2.45) is 5.92 Å². The van der Waals surface area contributed by atoms with Crippen molar-refractivity contribution < 1.29 is 4.79 Å². The Morgan fingerprint density at radius 3 is 3.00 bits per heavy atom. The van der Waals surface area contributed by atoms with E-state index >= 15 is 0 Å². The molecular weight excluding hydrogens is 234 g/mol. The fourth-order valence-corrected chi connectivity index (χ4v) is 1.86. The maximum absolute atomic E-state index is 11.7. The summed E-state index contributed by atoms with van der Waals surface area (Å²) in [5, 5.41) is 11.5. The van der Waals surface area contributed by atoms with Gasteiger partial charge in [-0.1, -0.05) is 0 Å². The van der Waals surface area contributed by atoms with E-state index in [1.807, 2.05) is 12.3 Å². The van der Waals surface area contributed by atoms with Gasteiger partial charge < -0.3 is 4.90 Å². The van der Waals surface area contributed by atoms with Crippen molar-refractivity contribution >= 4 is 23.3 Å². The van der Waals surface area contributed by atoms with Crippen LogP contribution in [0.4, 0.5) is 0 Å². The summed E-state index contributed by atoms with van der Waals surface area (Å²) in [6, 6.07) is 2.10. The van der Waals surface area contributed by atoms with Crippen LogP contribution in [0.25, 0.3) is 6.08 Å². The first kappa shape index (κ1) is 13.4. The summed E-state index contributed by atoms with van der Waals surface area (Å²) in [5.41, 5.74) is 0.794. The lowest BCUT2D eigenvalue weighted by Gasteiger charge is -2.15. The Morgan fingerprint density at radius 1 is 1.76 bits per heavy atom. The Hall–Kier alpha value is -1.67. The van der Waals surface area contributed by atoms with Crippen LogP contribution in [0.15, 0.2) is 11.5 Å². The quantitative estimate of drug-likeness (QED) is 0.768. The zero-order valence-electron chi connectivity index (χ0n) is 10.2. The lowest BCUT2D eigenvalue weighted by molar-refractivity contribution is -0.125. The van der Waals surface area contributed by atoms with E-state index in [1.54, 1.807) is 31.4 Å². The van der Waals surface area contributed by atoms with Crippen LogP contribution < -0.4 is 0 Å². The van der Waals surface area contributed by atoms with Crippen molar-refractivity contribution in [2.45, 2.75) is 13.8 Å². The van der Waals surface area contributed by atoms with E-state index < -0.39 is 0 Å². The Balaban J connectivity index is 2.54. The number of thiazole rings is 1. The van der Waals surface area contributed by atoms with Crippen molar-refractivity contribution in [3.05, 3.63) is 22.2 Å². The molecule has 0 bridgehead atoms. The molecule has 1 heterocycles. The van der Waals surface area contributed by atoms with E-state index in [1.165, 1.54) is 11.0 Å². The standard InChI is InChI=1S/C12H15N3OS/c1-9(6-13)7-15(3)12(16)5-4-11-8-17-10(2)14-11/h4-5,8-9H,7H2,1-3H3/b5-4+/t9-/m0/s1. The highest BCUT2D eigenvalue weighted by Crippen LogP contribution is 2.09. The minimum Gasteiger partial charge on any atom is -0.341 e. The molecule has 1 aromatic rings. The predicted molar refractivity (Wildman–Crippen MR) is 68.3 cm³/mol. The van der Waals surface area contributed by atoms with Gasteiger partial charge in [0, 0.05) is 25.0 Å². The fourth-order valence-electron chi connectivity index (χ4n) is 1.28. The van der Waals surface area contributed by atoms with E-state index in [2.05, 4.69) is 11.1 Å². The molecule has 4 nitrogen and oxygen atoms in total. The third-order valence-corrected chi connectivity index (χ3v) is 2.97. The Bertz CT molecular complexity index is 459. The maximum atomic E-state index is 11.7. The van der Waals surface area contributed by atoms with Gasteiger partial charge in [-0.25, -0.2) is 4.98 Å². The monoisotopic (exact) mass is 249 g/mol. The summed E-state index contributed by atoms with van der Waals surface area (Å²) in [6.07, 6.45) is 3.18. The summed E-state index contributed by atoms with van der Waals surface area (Å²) in [6.45, 7) is 4.15. The van der Waals surface area contributed by atoms with Gasteiger partial charge in [0.1, 0.15) is 0 Å². The number of carbonyl (C=O) groups is 1. The largest absolute Gasteiger partial charge is 0.341 e. The maximum Gasteiger partial charge on any atom is 0.246 e. The van der Waals surface area contributed by atoms with Crippen LogP contribution >= 0.6 is 11.3 Å². The molecule has 1 atom stereocenters. The molecule has 0 unspecified atom stereocenters. The molecule has 0 aliphatic heterocycles. The molecule has 0 fully saturated rings. The number of amides is 1. The van der Waals surface area contributed by atoms with Gasteiger partial charge in [0.05, 0.1) is 22.7 Å². The van der Waals surface area contributed by atoms with Crippen LogP contribution in [-0.2, 0) is 4.79 Å². The number of likely N-dealkylation sites (N-methyl/N-ethyl adjacent to an activating group) is 1. The van der Waals surface area contributed by atoms with Gasteiger partial charge in [0.2, 0.25) is 5.91 Å². The van der Waals surface area contributed by atoms with Gasteiger partial charge in [-0.2, -0.15) is 5.26 Å². The van der Waals surface area contributed by atoms with Gasteiger partial charge in [-0.15, -0.1) is 11.3 Å². The highest BCUT2D eigenvalue weighted by molar-refractivity contribution is 7.09. The number of aryl methyl sites for hydroxylation is 1. The average Bonchev–Trinajstić information content (AvgIpc) is 2.71. The van der Waals surface area contributed by atoms with E-state index in [9.17, 15) is 4.79 Å². The Morgan fingerprint density at radius 2 is 2.47 bits per heavy atom. The highest BCUT2D eigenvalue weighted by atomic mass is 32.1. The van der Waals surface area contributed by atoms with Crippen molar-refractivity contribution in [3.8, 4) is 6.07 Å². The molecule has 1 rings (SSSR count). The first-order valence-electron chi connectivity index (χ1n) is 5.28. The minimum absolute atomic E-state index is 0.113. The molecule has 1 aromatic heterocycles. The second-order valence-electron chi connectivity index (χ2n) is 3.87. The van der Waals surface area contributed by atoms with Crippen LogP contribution in [0.5, 0.6) is 0 Å². The van der Waals surface area contributed by atoms with Gasteiger partial charge in [-0.05, 0) is 19.9 Å². The molecule has 0 saturated heterocycles. The molecule has 5 heteroatoms. The molecule has 1 amide bonds. The zero-order chi connectivity index (χ0) is 12.8. The van der Waals surface area contributed by atoms with Crippen molar-refractivity contribution in [3.63, 3.8) is 0 Å². The van der Waals surface area contributed by atoms with Gasteiger partial charge in [-0.3, -0.25) is 4.79 Å². The predicted octanol–water partition coefficient (Wildman–Crippen LogP) is 2.08. The fraction of sp³-hybridized carbons (Fsp3) is 0.417. The number of nitrogens with zero attached hydrogens (tertiary/aromatic N) is 3. The minimum atomic E-state index is -0.154. The van der Waals surface area contributed by atoms with Crippen LogP contribution in [0.2, 0.25) is 0 Å².